The molecule has 0 saturated carbocycles. The summed E-state index contributed by atoms with van der Waals surface area (Å²) < 4.78 is 11.5. The second kappa shape index (κ2) is 8.61. The van der Waals surface area contributed by atoms with Crippen LogP contribution in [0.4, 0.5) is 0 Å². The second-order valence-corrected chi connectivity index (χ2v) is 8.07. The Hall–Kier alpha value is -2.93. The van der Waals surface area contributed by atoms with Crippen LogP contribution in [0.1, 0.15) is 34.1 Å². The Morgan fingerprint density at radius 2 is 2.07 bits per heavy atom. The molecule has 1 amide bonds. The molecule has 4 rings (SSSR count). The number of esters is 1. The van der Waals surface area contributed by atoms with E-state index in [9.17, 15) is 9.59 Å². The number of methoxy groups -OCH3 is 1. The van der Waals surface area contributed by atoms with E-state index in [0.717, 1.165) is 29.9 Å². The smallest absolute Gasteiger partial charge is 0.337 e. The first kappa shape index (κ1) is 19.4. The number of benzene rings is 2. The molecule has 0 N–H and O–H groups in total. The number of hydrogen-bond donors (Lipinski definition) is 0. The third-order valence-corrected chi connectivity index (χ3v) is 6.25. The lowest BCUT2D eigenvalue weighted by Crippen LogP contribution is -2.41. The Labute approximate surface area is 173 Å². The molecule has 1 fully saturated rings. The first-order chi connectivity index (χ1) is 14.1. The van der Waals surface area contributed by atoms with E-state index in [0.29, 0.717) is 17.9 Å². The number of piperidine rings is 1. The normalized spacial score (nSPS) is 16.6. The molecule has 0 unspecified atom stereocenters. The van der Waals surface area contributed by atoms with E-state index in [1.165, 1.54) is 11.8 Å². The Morgan fingerprint density at radius 3 is 2.90 bits per heavy atom. The average Bonchev–Trinajstić information content (AvgIpc) is 3.21. The minimum atomic E-state index is -0.434. The fraction of sp³-hybridized carbons (Fsp3) is 0.318. The largest absolute Gasteiger partial charge is 0.484 e. The number of para-hydroxylation sites is 1. The van der Waals surface area contributed by atoms with Gasteiger partial charge in [0.05, 0.1) is 27.9 Å². The minimum absolute atomic E-state index is 0.0562. The van der Waals surface area contributed by atoms with E-state index in [-0.39, 0.29) is 18.4 Å². The standard InChI is InChI=1S/C22H22N2O4S/c1-27-22(26)15-6-4-8-17(12-15)28-14-20(25)24-11-5-7-16(13-24)21-23-18-9-2-3-10-19(18)29-21/h2-4,6,8-10,12,16H,5,7,11,13-14H2,1H3/t16-/m1/s1. The van der Waals surface area contributed by atoms with Crippen LogP contribution in [0.2, 0.25) is 0 Å². The van der Waals surface area contributed by atoms with Gasteiger partial charge in [-0.05, 0) is 43.2 Å². The molecule has 0 radical (unpaired) electrons. The molecule has 150 valence electrons. The molecule has 1 aliphatic heterocycles. The highest BCUT2D eigenvalue weighted by Gasteiger charge is 2.27. The molecule has 3 aromatic rings. The van der Waals surface area contributed by atoms with Crippen LogP contribution in [0.5, 0.6) is 5.75 Å². The molecule has 7 heteroatoms. The molecule has 0 spiro atoms. The summed E-state index contributed by atoms with van der Waals surface area (Å²) in [5.41, 5.74) is 1.41. The van der Waals surface area contributed by atoms with Crippen molar-refractivity contribution in [2.45, 2.75) is 18.8 Å². The molecule has 1 saturated heterocycles. The van der Waals surface area contributed by atoms with Crippen molar-refractivity contribution >= 4 is 33.4 Å². The van der Waals surface area contributed by atoms with E-state index in [2.05, 4.69) is 6.07 Å². The van der Waals surface area contributed by atoms with E-state index in [1.807, 2.05) is 23.1 Å². The van der Waals surface area contributed by atoms with E-state index < -0.39 is 5.97 Å². The maximum Gasteiger partial charge on any atom is 0.337 e. The fourth-order valence-corrected chi connectivity index (χ4v) is 4.63. The van der Waals surface area contributed by atoms with E-state index in [1.54, 1.807) is 35.6 Å². The van der Waals surface area contributed by atoms with Crippen LogP contribution < -0.4 is 4.74 Å². The number of aromatic nitrogens is 1. The van der Waals surface area contributed by atoms with Crippen LogP contribution in [0, 0.1) is 0 Å². The fourth-order valence-electron chi connectivity index (χ4n) is 3.54. The van der Waals surface area contributed by atoms with Crippen LogP contribution >= 0.6 is 11.3 Å². The zero-order valence-electron chi connectivity index (χ0n) is 16.2. The number of likely N-dealkylation sites (tertiary alicyclic amines) is 1. The minimum Gasteiger partial charge on any atom is -0.484 e. The number of rotatable bonds is 5. The highest BCUT2D eigenvalue weighted by atomic mass is 32.1. The zero-order chi connectivity index (χ0) is 20.2. The summed E-state index contributed by atoms with van der Waals surface area (Å²) in [6, 6.07) is 14.8. The molecule has 6 nitrogen and oxygen atoms in total. The molecule has 2 heterocycles. The molecule has 0 bridgehead atoms. The van der Waals surface area contributed by atoms with Crippen molar-refractivity contribution in [2.75, 3.05) is 26.8 Å². The first-order valence-electron chi connectivity index (χ1n) is 9.58. The summed E-state index contributed by atoms with van der Waals surface area (Å²) in [5, 5.41) is 1.09. The van der Waals surface area contributed by atoms with Crippen LogP contribution in [-0.4, -0.2) is 48.6 Å². The lowest BCUT2D eigenvalue weighted by atomic mass is 9.99. The third kappa shape index (κ3) is 4.40. The van der Waals surface area contributed by atoms with Crippen molar-refractivity contribution in [1.29, 1.82) is 0 Å². The zero-order valence-corrected chi connectivity index (χ0v) is 17.0. The number of carbonyl (C=O) groups is 2. The van der Waals surface area contributed by atoms with Crippen LogP contribution in [0.3, 0.4) is 0 Å². The Bertz CT molecular complexity index is 999. The molecular weight excluding hydrogens is 388 g/mol. The van der Waals surface area contributed by atoms with Crippen molar-refractivity contribution in [2.24, 2.45) is 0 Å². The van der Waals surface area contributed by atoms with Gasteiger partial charge < -0.3 is 14.4 Å². The molecule has 1 aromatic heterocycles. The topological polar surface area (TPSA) is 68.7 Å². The van der Waals surface area contributed by atoms with Gasteiger partial charge in [0, 0.05) is 19.0 Å². The Balaban J connectivity index is 1.38. The molecular formula is C22H22N2O4S. The number of hydrogen-bond acceptors (Lipinski definition) is 6. The summed E-state index contributed by atoms with van der Waals surface area (Å²) >= 11 is 1.71. The summed E-state index contributed by atoms with van der Waals surface area (Å²) in [7, 11) is 1.33. The van der Waals surface area contributed by atoms with Crippen molar-refractivity contribution in [3.05, 3.63) is 59.1 Å². The lowest BCUT2D eigenvalue weighted by Gasteiger charge is -2.31. The SMILES string of the molecule is COC(=O)c1cccc(OCC(=O)N2CCC[C@@H](c3nc4ccccc4s3)C2)c1. The summed E-state index contributed by atoms with van der Waals surface area (Å²) in [6.45, 7) is 1.33. The maximum absolute atomic E-state index is 12.7. The van der Waals surface area contributed by atoms with Gasteiger partial charge in [-0.1, -0.05) is 18.2 Å². The van der Waals surface area contributed by atoms with Crippen LogP contribution in [0.25, 0.3) is 10.2 Å². The van der Waals surface area contributed by atoms with Crippen molar-refractivity contribution in [3.8, 4) is 5.75 Å². The van der Waals surface area contributed by atoms with Crippen molar-refractivity contribution in [3.63, 3.8) is 0 Å². The van der Waals surface area contributed by atoms with E-state index >= 15 is 0 Å². The first-order valence-corrected chi connectivity index (χ1v) is 10.4. The Kier molecular flexibility index (Phi) is 5.76. The second-order valence-electron chi connectivity index (χ2n) is 7.01. The number of fused-ring (bicyclic) bond motifs is 1. The van der Waals surface area contributed by atoms with Crippen LogP contribution in [0.15, 0.2) is 48.5 Å². The monoisotopic (exact) mass is 410 g/mol. The highest BCUT2D eigenvalue weighted by Crippen LogP contribution is 2.33. The predicted molar refractivity (Wildman–Crippen MR) is 111 cm³/mol. The molecule has 0 aliphatic carbocycles. The summed E-state index contributed by atoms with van der Waals surface area (Å²) in [6.07, 6.45) is 1.98. The maximum atomic E-state index is 12.7. The van der Waals surface area contributed by atoms with Gasteiger partial charge in [-0.25, -0.2) is 9.78 Å². The summed E-state index contributed by atoms with van der Waals surface area (Å²) in [4.78, 5) is 30.9. The van der Waals surface area contributed by atoms with Gasteiger partial charge in [-0.3, -0.25) is 4.79 Å². The Morgan fingerprint density at radius 1 is 1.21 bits per heavy atom. The van der Waals surface area contributed by atoms with Gasteiger partial charge in [0.15, 0.2) is 6.61 Å². The number of thiazole rings is 1. The van der Waals surface area contributed by atoms with Gasteiger partial charge in [-0.2, -0.15) is 0 Å². The third-order valence-electron chi connectivity index (χ3n) is 5.05. The molecule has 29 heavy (non-hydrogen) atoms. The van der Waals surface area contributed by atoms with Gasteiger partial charge in [0.1, 0.15) is 5.75 Å². The molecule has 2 aromatic carbocycles. The van der Waals surface area contributed by atoms with Gasteiger partial charge in [0.25, 0.3) is 5.91 Å². The molecule has 1 atom stereocenters. The lowest BCUT2D eigenvalue weighted by molar-refractivity contribution is -0.134. The van der Waals surface area contributed by atoms with Gasteiger partial charge >= 0.3 is 5.97 Å². The van der Waals surface area contributed by atoms with Crippen molar-refractivity contribution in [1.82, 2.24) is 9.88 Å². The molecule has 1 aliphatic rings. The van der Waals surface area contributed by atoms with Crippen LogP contribution in [-0.2, 0) is 9.53 Å². The number of carbonyl (C=O) groups excluding carboxylic acids is 2. The van der Waals surface area contributed by atoms with Crippen molar-refractivity contribution < 1.29 is 19.1 Å². The number of amides is 1. The van der Waals surface area contributed by atoms with Gasteiger partial charge in [-0.15, -0.1) is 11.3 Å². The van der Waals surface area contributed by atoms with E-state index in [4.69, 9.17) is 14.5 Å². The quantitative estimate of drug-likeness (QED) is 0.598. The number of nitrogens with zero attached hydrogens (tertiary/aromatic N) is 2. The number of ether oxygens (including phenoxy) is 2. The predicted octanol–water partition coefficient (Wildman–Crippen LogP) is 3.87. The summed E-state index contributed by atoms with van der Waals surface area (Å²) in [5.74, 6) is 0.240. The van der Waals surface area contributed by atoms with Gasteiger partial charge in [0.2, 0.25) is 0 Å². The average molecular weight is 410 g/mol. The highest BCUT2D eigenvalue weighted by molar-refractivity contribution is 7.18.